The number of amides is 1. The van der Waals surface area contributed by atoms with Gasteiger partial charge in [0.05, 0.1) is 13.1 Å². The standard InChI is InChI=1S/C16H26N4O3/c1-15(2,3)13-17-12(18-23-13)10-20-8-5-6-16(7-9-20)11-19(4)14(21)22-16/h5-11H2,1-4H3. The van der Waals surface area contributed by atoms with Crippen LogP contribution in [0, 0.1) is 0 Å². The van der Waals surface area contributed by atoms with Gasteiger partial charge in [-0.3, -0.25) is 4.90 Å². The molecule has 0 aliphatic carbocycles. The molecule has 1 aromatic rings. The highest BCUT2D eigenvalue weighted by Crippen LogP contribution is 2.32. The monoisotopic (exact) mass is 322 g/mol. The fourth-order valence-corrected chi connectivity index (χ4v) is 3.26. The zero-order valence-corrected chi connectivity index (χ0v) is 14.5. The van der Waals surface area contributed by atoms with Crippen molar-refractivity contribution < 1.29 is 14.1 Å². The summed E-state index contributed by atoms with van der Waals surface area (Å²) in [5, 5.41) is 4.10. The lowest BCUT2D eigenvalue weighted by Crippen LogP contribution is -2.35. The molecule has 2 aliphatic heterocycles. The van der Waals surface area contributed by atoms with E-state index >= 15 is 0 Å². The normalized spacial score (nSPS) is 26.6. The molecule has 3 rings (SSSR count). The Morgan fingerprint density at radius 3 is 2.65 bits per heavy atom. The summed E-state index contributed by atoms with van der Waals surface area (Å²) in [5.41, 5.74) is -0.439. The molecule has 2 aliphatic rings. The molecular weight excluding hydrogens is 296 g/mol. The lowest BCUT2D eigenvalue weighted by molar-refractivity contribution is 0.0442. The number of aromatic nitrogens is 2. The van der Waals surface area contributed by atoms with Gasteiger partial charge in [0.25, 0.3) is 0 Å². The molecule has 0 N–H and O–H groups in total. The summed E-state index contributed by atoms with van der Waals surface area (Å²) in [7, 11) is 1.80. The molecule has 0 bridgehead atoms. The molecule has 3 heterocycles. The number of hydrogen-bond acceptors (Lipinski definition) is 6. The molecule has 1 amide bonds. The van der Waals surface area contributed by atoms with Crippen LogP contribution in [-0.2, 0) is 16.7 Å². The molecule has 0 saturated carbocycles. The van der Waals surface area contributed by atoms with Crippen molar-refractivity contribution in [3.05, 3.63) is 11.7 Å². The average Bonchev–Trinajstić information content (AvgIpc) is 2.96. The third-order valence-electron chi connectivity index (χ3n) is 4.61. The predicted molar refractivity (Wildman–Crippen MR) is 84.0 cm³/mol. The molecular formula is C16H26N4O3. The van der Waals surface area contributed by atoms with Crippen LogP contribution in [0.25, 0.3) is 0 Å². The third kappa shape index (κ3) is 3.49. The van der Waals surface area contributed by atoms with Crippen LogP contribution in [0.1, 0.15) is 51.7 Å². The van der Waals surface area contributed by atoms with E-state index in [2.05, 4.69) is 35.8 Å². The Morgan fingerprint density at radius 1 is 1.26 bits per heavy atom. The summed E-state index contributed by atoms with van der Waals surface area (Å²) in [6, 6.07) is 0. The van der Waals surface area contributed by atoms with Crippen molar-refractivity contribution in [2.24, 2.45) is 0 Å². The fraction of sp³-hybridized carbons (Fsp3) is 0.812. The van der Waals surface area contributed by atoms with Crippen LogP contribution in [-0.4, -0.2) is 58.3 Å². The summed E-state index contributed by atoms with van der Waals surface area (Å²) >= 11 is 0. The molecule has 2 saturated heterocycles. The van der Waals surface area contributed by atoms with Gasteiger partial charge in [0.1, 0.15) is 5.60 Å². The van der Waals surface area contributed by atoms with E-state index in [1.807, 2.05) is 0 Å². The van der Waals surface area contributed by atoms with Crippen molar-refractivity contribution >= 4 is 6.09 Å². The van der Waals surface area contributed by atoms with Crippen LogP contribution in [0.5, 0.6) is 0 Å². The molecule has 23 heavy (non-hydrogen) atoms. The summed E-state index contributed by atoms with van der Waals surface area (Å²) in [6.07, 6.45) is 2.57. The first kappa shape index (κ1) is 16.2. The van der Waals surface area contributed by atoms with Crippen LogP contribution in [0.4, 0.5) is 4.79 Å². The van der Waals surface area contributed by atoms with Gasteiger partial charge in [-0.05, 0) is 19.4 Å². The Hall–Kier alpha value is -1.63. The van der Waals surface area contributed by atoms with Crippen LogP contribution < -0.4 is 0 Å². The van der Waals surface area contributed by atoms with Crippen LogP contribution >= 0.6 is 0 Å². The van der Waals surface area contributed by atoms with Gasteiger partial charge in [0, 0.05) is 25.4 Å². The number of nitrogens with zero attached hydrogens (tertiary/aromatic N) is 4. The Bertz CT molecular complexity index is 580. The fourth-order valence-electron chi connectivity index (χ4n) is 3.26. The molecule has 0 aromatic carbocycles. The van der Waals surface area contributed by atoms with E-state index in [1.54, 1.807) is 11.9 Å². The zero-order valence-electron chi connectivity index (χ0n) is 14.5. The van der Waals surface area contributed by atoms with E-state index in [9.17, 15) is 4.79 Å². The molecule has 1 aromatic heterocycles. The number of carbonyl (C=O) groups is 1. The van der Waals surface area contributed by atoms with Gasteiger partial charge in [0.2, 0.25) is 5.89 Å². The largest absolute Gasteiger partial charge is 0.441 e. The number of rotatable bonds is 2. The summed E-state index contributed by atoms with van der Waals surface area (Å²) in [4.78, 5) is 20.2. The number of ether oxygens (including phenoxy) is 1. The first-order valence-corrected chi connectivity index (χ1v) is 8.27. The van der Waals surface area contributed by atoms with Crippen molar-refractivity contribution in [2.75, 3.05) is 26.7 Å². The Balaban J connectivity index is 1.61. The lowest BCUT2D eigenvalue weighted by Gasteiger charge is -2.25. The van der Waals surface area contributed by atoms with Gasteiger partial charge in [0.15, 0.2) is 5.82 Å². The van der Waals surface area contributed by atoms with Gasteiger partial charge >= 0.3 is 6.09 Å². The predicted octanol–water partition coefficient (Wildman–Crippen LogP) is 2.17. The summed E-state index contributed by atoms with van der Waals surface area (Å²) in [6.45, 7) is 9.39. The van der Waals surface area contributed by atoms with Crippen LogP contribution in [0.2, 0.25) is 0 Å². The van der Waals surface area contributed by atoms with E-state index in [0.717, 1.165) is 38.2 Å². The second-order valence-electron chi connectivity index (χ2n) is 7.80. The second-order valence-corrected chi connectivity index (χ2v) is 7.80. The lowest BCUT2D eigenvalue weighted by atomic mass is 9.95. The van der Waals surface area contributed by atoms with Crippen molar-refractivity contribution in [1.82, 2.24) is 19.9 Å². The van der Waals surface area contributed by atoms with Gasteiger partial charge < -0.3 is 14.2 Å². The van der Waals surface area contributed by atoms with Gasteiger partial charge in [-0.2, -0.15) is 4.98 Å². The SMILES string of the molecule is CN1CC2(CCCN(Cc3noc(C(C)(C)C)n3)CC2)OC1=O. The van der Waals surface area contributed by atoms with E-state index in [4.69, 9.17) is 9.26 Å². The van der Waals surface area contributed by atoms with E-state index in [0.29, 0.717) is 19.0 Å². The molecule has 2 fully saturated rings. The van der Waals surface area contributed by atoms with Gasteiger partial charge in [-0.1, -0.05) is 25.9 Å². The van der Waals surface area contributed by atoms with Crippen LogP contribution in [0.3, 0.4) is 0 Å². The number of hydrogen-bond donors (Lipinski definition) is 0. The first-order valence-electron chi connectivity index (χ1n) is 8.27. The number of carbonyl (C=O) groups excluding carboxylic acids is 1. The van der Waals surface area contributed by atoms with E-state index < -0.39 is 0 Å². The van der Waals surface area contributed by atoms with Gasteiger partial charge in [-0.15, -0.1) is 0 Å². The molecule has 1 unspecified atom stereocenters. The quantitative estimate of drug-likeness (QED) is 0.831. The highest BCUT2D eigenvalue weighted by Gasteiger charge is 2.44. The van der Waals surface area contributed by atoms with Crippen molar-refractivity contribution in [3.8, 4) is 0 Å². The number of likely N-dealkylation sites (tertiary alicyclic amines) is 1. The first-order chi connectivity index (χ1) is 10.8. The van der Waals surface area contributed by atoms with Crippen molar-refractivity contribution in [2.45, 2.75) is 57.6 Å². The maximum Gasteiger partial charge on any atom is 0.410 e. The maximum atomic E-state index is 11.7. The Labute approximate surface area is 137 Å². The minimum Gasteiger partial charge on any atom is -0.441 e. The summed E-state index contributed by atoms with van der Waals surface area (Å²) in [5.74, 6) is 1.40. The second kappa shape index (κ2) is 5.78. The van der Waals surface area contributed by atoms with Crippen molar-refractivity contribution in [3.63, 3.8) is 0 Å². The minimum absolute atomic E-state index is 0.128. The van der Waals surface area contributed by atoms with Crippen LogP contribution in [0.15, 0.2) is 4.52 Å². The molecule has 128 valence electrons. The maximum absolute atomic E-state index is 11.7. The highest BCUT2D eigenvalue weighted by atomic mass is 16.6. The Morgan fingerprint density at radius 2 is 2.04 bits per heavy atom. The summed E-state index contributed by atoms with van der Waals surface area (Å²) < 4.78 is 11.0. The van der Waals surface area contributed by atoms with Crippen molar-refractivity contribution in [1.29, 1.82) is 0 Å². The minimum atomic E-state index is -0.311. The number of likely N-dealkylation sites (N-methyl/N-ethyl adjacent to an activating group) is 1. The Kier molecular flexibility index (Phi) is 4.08. The topological polar surface area (TPSA) is 71.7 Å². The smallest absolute Gasteiger partial charge is 0.410 e. The molecule has 1 atom stereocenters. The molecule has 0 radical (unpaired) electrons. The van der Waals surface area contributed by atoms with E-state index in [1.165, 1.54) is 0 Å². The third-order valence-corrected chi connectivity index (χ3v) is 4.61. The molecule has 7 heteroatoms. The van der Waals surface area contributed by atoms with Gasteiger partial charge in [-0.25, -0.2) is 4.79 Å². The molecule has 1 spiro atoms. The highest BCUT2D eigenvalue weighted by molar-refractivity contribution is 5.70. The molecule has 7 nitrogen and oxygen atoms in total. The van der Waals surface area contributed by atoms with E-state index in [-0.39, 0.29) is 17.1 Å². The average molecular weight is 322 g/mol. The zero-order chi connectivity index (χ0) is 16.7.